The molecule has 0 aromatic heterocycles. The largest absolute Gasteiger partial charge is 0.494 e. The van der Waals surface area contributed by atoms with Gasteiger partial charge in [-0.25, -0.2) is 5.01 Å². The summed E-state index contributed by atoms with van der Waals surface area (Å²) in [4.78, 5) is 12.8. The highest BCUT2D eigenvalue weighted by molar-refractivity contribution is 6.03. The van der Waals surface area contributed by atoms with Crippen LogP contribution in [0.15, 0.2) is 59.7 Å². The van der Waals surface area contributed by atoms with Crippen LogP contribution in [0.25, 0.3) is 0 Å². The molecule has 0 saturated carbocycles. The molecule has 1 heterocycles. The van der Waals surface area contributed by atoms with E-state index in [1.165, 1.54) is 5.56 Å². The number of benzene rings is 2. The van der Waals surface area contributed by atoms with E-state index in [2.05, 4.69) is 31.1 Å². The Hall–Kier alpha value is -2.62. The van der Waals surface area contributed by atoms with Crippen LogP contribution in [-0.2, 0) is 11.2 Å². The summed E-state index contributed by atoms with van der Waals surface area (Å²) in [7, 11) is 0. The van der Waals surface area contributed by atoms with Crippen molar-refractivity contribution in [2.24, 2.45) is 5.10 Å². The van der Waals surface area contributed by atoms with Crippen LogP contribution in [0.5, 0.6) is 5.75 Å². The number of hydrazone groups is 1. The molecular weight excluding hydrogens is 336 g/mol. The van der Waals surface area contributed by atoms with E-state index < -0.39 is 0 Å². The summed E-state index contributed by atoms with van der Waals surface area (Å²) in [5.74, 6) is 0.926. The van der Waals surface area contributed by atoms with Crippen molar-refractivity contribution in [1.29, 1.82) is 0 Å². The van der Waals surface area contributed by atoms with Crippen LogP contribution in [-0.4, -0.2) is 28.8 Å². The van der Waals surface area contributed by atoms with Crippen molar-refractivity contribution >= 4 is 11.6 Å². The van der Waals surface area contributed by atoms with Crippen LogP contribution in [0, 0.1) is 0 Å². The molecule has 0 aliphatic carbocycles. The van der Waals surface area contributed by atoms with Gasteiger partial charge in [-0.05, 0) is 51.3 Å². The summed E-state index contributed by atoms with van der Waals surface area (Å²) in [6, 6.07) is 18.2. The van der Waals surface area contributed by atoms with Gasteiger partial charge in [-0.1, -0.05) is 42.5 Å². The number of aryl methyl sites for hydroxylation is 1. The molecule has 4 nitrogen and oxygen atoms in total. The van der Waals surface area contributed by atoms with Gasteiger partial charge in [0.15, 0.2) is 0 Å². The van der Waals surface area contributed by atoms with Crippen molar-refractivity contribution in [3.05, 3.63) is 65.7 Å². The number of nitrogens with zero attached hydrogens (tertiary/aromatic N) is 2. The first-order valence-electron chi connectivity index (χ1n) is 9.67. The van der Waals surface area contributed by atoms with Crippen molar-refractivity contribution < 1.29 is 9.53 Å². The van der Waals surface area contributed by atoms with Gasteiger partial charge in [0, 0.05) is 18.4 Å². The lowest BCUT2D eigenvalue weighted by molar-refractivity contribution is -0.135. The Labute approximate surface area is 161 Å². The molecule has 1 aliphatic heterocycles. The van der Waals surface area contributed by atoms with E-state index in [0.29, 0.717) is 13.0 Å². The van der Waals surface area contributed by atoms with Gasteiger partial charge in [0.1, 0.15) is 5.75 Å². The lowest BCUT2D eigenvalue weighted by Crippen LogP contribution is -2.40. The fourth-order valence-corrected chi connectivity index (χ4v) is 3.46. The molecule has 3 rings (SSSR count). The molecule has 4 heteroatoms. The lowest BCUT2D eigenvalue weighted by Gasteiger charge is -2.28. The molecule has 0 N–H and O–H groups in total. The standard InChI is InChI=1S/C23H28N2O2/c1-4-27-20-14-9-13-19(16-20)21-17-23(2,3)25(24-21)22(26)15-8-12-18-10-6-5-7-11-18/h5-7,9-11,13-14,16H,4,8,12,15,17H2,1-3H3. The van der Waals surface area contributed by atoms with Crippen LogP contribution < -0.4 is 4.74 Å². The highest BCUT2D eigenvalue weighted by atomic mass is 16.5. The first-order valence-corrected chi connectivity index (χ1v) is 9.67. The van der Waals surface area contributed by atoms with Crippen LogP contribution in [0.2, 0.25) is 0 Å². The van der Waals surface area contributed by atoms with E-state index in [4.69, 9.17) is 4.74 Å². The van der Waals surface area contributed by atoms with E-state index in [0.717, 1.165) is 36.3 Å². The number of hydrogen-bond donors (Lipinski definition) is 0. The maximum absolute atomic E-state index is 12.8. The third-order valence-corrected chi connectivity index (χ3v) is 4.81. The predicted molar refractivity (Wildman–Crippen MR) is 109 cm³/mol. The highest BCUT2D eigenvalue weighted by Crippen LogP contribution is 2.31. The van der Waals surface area contributed by atoms with Gasteiger partial charge >= 0.3 is 0 Å². The molecular formula is C23H28N2O2. The first-order chi connectivity index (χ1) is 13.0. The van der Waals surface area contributed by atoms with Gasteiger partial charge in [-0.15, -0.1) is 0 Å². The molecule has 1 aliphatic rings. The van der Waals surface area contributed by atoms with Gasteiger partial charge in [0.2, 0.25) is 5.91 Å². The maximum Gasteiger partial charge on any atom is 0.243 e. The zero-order valence-corrected chi connectivity index (χ0v) is 16.4. The number of rotatable bonds is 7. The molecule has 2 aromatic carbocycles. The van der Waals surface area contributed by atoms with E-state index in [9.17, 15) is 4.79 Å². The van der Waals surface area contributed by atoms with Crippen molar-refractivity contribution in [2.45, 2.75) is 52.0 Å². The third-order valence-electron chi connectivity index (χ3n) is 4.81. The molecule has 0 saturated heterocycles. The zero-order valence-electron chi connectivity index (χ0n) is 16.4. The molecule has 0 unspecified atom stereocenters. The van der Waals surface area contributed by atoms with Crippen molar-refractivity contribution in [3.63, 3.8) is 0 Å². The van der Waals surface area contributed by atoms with Gasteiger partial charge < -0.3 is 4.74 Å². The quantitative estimate of drug-likeness (QED) is 0.706. The summed E-state index contributed by atoms with van der Waals surface area (Å²) >= 11 is 0. The minimum atomic E-state index is -0.305. The summed E-state index contributed by atoms with van der Waals surface area (Å²) in [6.45, 7) is 6.75. The molecule has 142 valence electrons. The van der Waals surface area contributed by atoms with Gasteiger partial charge in [0.25, 0.3) is 0 Å². The second kappa shape index (κ2) is 8.38. The molecule has 0 spiro atoms. The summed E-state index contributed by atoms with van der Waals surface area (Å²) < 4.78 is 5.59. The molecule has 0 radical (unpaired) electrons. The number of ether oxygens (including phenoxy) is 1. The highest BCUT2D eigenvalue weighted by Gasteiger charge is 2.38. The fourth-order valence-electron chi connectivity index (χ4n) is 3.46. The minimum Gasteiger partial charge on any atom is -0.494 e. The van der Waals surface area contributed by atoms with E-state index >= 15 is 0 Å². The monoisotopic (exact) mass is 364 g/mol. The topological polar surface area (TPSA) is 41.9 Å². The average molecular weight is 364 g/mol. The Morgan fingerprint density at radius 1 is 1.15 bits per heavy atom. The molecule has 0 atom stereocenters. The average Bonchev–Trinajstić information content (AvgIpc) is 2.98. The molecule has 0 fully saturated rings. The first kappa shape index (κ1) is 19.2. The fraction of sp³-hybridized carbons (Fsp3) is 0.391. The molecule has 2 aromatic rings. The van der Waals surface area contributed by atoms with E-state index in [-0.39, 0.29) is 11.4 Å². The van der Waals surface area contributed by atoms with Gasteiger partial charge in [-0.2, -0.15) is 5.10 Å². The van der Waals surface area contributed by atoms with Crippen LogP contribution in [0.1, 0.15) is 51.2 Å². The molecule has 0 bridgehead atoms. The van der Waals surface area contributed by atoms with E-state index in [1.54, 1.807) is 5.01 Å². The van der Waals surface area contributed by atoms with Crippen molar-refractivity contribution in [3.8, 4) is 5.75 Å². The number of hydrogen-bond acceptors (Lipinski definition) is 3. The third kappa shape index (κ3) is 4.76. The normalized spacial score (nSPS) is 15.5. The second-order valence-electron chi connectivity index (χ2n) is 7.54. The Morgan fingerprint density at radius 2 is 1.93 bits per heavy atom. The maximum atomic E-state index is 12.8. The molecule has 27 heavy (non-hydrogen) atoms. The predicted octanol–water partition coefficient (Wildman–Crippen LogP) is 4.82. The van der Waals surface area contributed by atoms with Crippen molar-refractivity contribution in [1.82, 2.24) is 5.01 Å². The Morgan fingerprint density at radius 3 is 2.67 bits per heavy atom. The van der Waals surface area contributed by atoms with E-state index in [1.807, 2.05) is 49.4 Å². The Bertz CT molecular complexity index is 812. The van der Waals surface area contributed by atoms with Crippen LogP contribution >= 0.6 is 0 Å². The SMILES string of the molecule is CCOc1cccc(C2=NN(C(=O)CCCc3ccccc3)C(C)(C)C2)c1. The number of carbonyl (C=O) groups excluding carboxylic acids is 1. The lowest BCUT2D eigenvalue weighted by atomic mass is 9.94. The summed E-state index contributed by atoms with van der Waals surface area (Å²) in [5, 5.41) is 6.36. The van der Waals surface area contributed by atoms with Crippen LogP contribution in [0.4, 0.5) is 0 Å². The number of carbonyl (C=O) groups is 1. The summed E-state index contributed by atoms with van der Waals surface area (Å²) in [6.07, 6.45) is 3.00. The minimum absolute atomic E-state index is 0.0897. The second-order valence-corrected chi connectivity index (χ2v) is 7.54. The zero-order chi connectivity index (χ0) is 19.3. The Kier molecular flexibility index (Phi) is 5.94. The van der Waals surface area contributed by atoms with Crippen LogP contribution in [0.3, 0.4) is 0 Å². The summed E-state index contributed by atoms with van der Waals surface area (Å²) in [5.41, 5.74) is 2.93. The van der Waals surface area contributed by atoms with Gasteiger partial charge in [0.05, 0.1) is 17.9 Å². The smallest absolute Gasteiger partial charge is 0.243 e. The van der Waals surface area contributed by atoms with Crippen molar-refractivity contribution in [2.75, 3.05) is 6.61 Å². The Balaban J connectivity index is 1.67. The number of amides is 1. The van der Waals surface area contributed by atoms with Gasteiger partial charge in [-0.3, -0.25) is 4.79 Å². The molecule has 1 amide bonds.